The van der Waals surface area contributed by atoms with Gasteiger partial charge in [-0.05, 0) is 37.0 Å². The van der Waals surface area contributed by atoms with Crippen LogP contribution in [-0.4, -0.2) is 68.0 Å². The van der Waals surface area contributed by atoms with E-state index in [1.54, 1.807) is 17.2 Å². The van der Waals surface area contributed by atoms with Crippen molar-refractivity contribution in [3.63, 3.8) is 0 Å². The minimum absolute atomic E-state index is 0.0186. The minimum Gasteiger partial charge on any atom is -0.354 e. The fourth-order valence-electron chi connectivity index (χ4n) is 5.37. The third-order valence-electron chi connectivity index (χ3n) is 7.48. The standard InChI is InChI=1S/C23H27FN6O3S/c24-16-1-2-18-19(11-16)30(21(31)23(18)4-5-23)13-15-12-26-22(29-6-3-17(25)14-29)27-20(15)28-7-9-34(32,33)10-8-28/h1-2,11-12,17H,3-10,13-14,25H2. The van der Waals surface area contributed by atoms with E-state index in [1.807, 2.05) is 9.80 Å². The summed E-state index contributed by atoms with van der Waals surface area (Å²) in [5.74, 6) is 0.892. The van der Waals surface area contributed by atoms with Crippen LogP contribution in [0.3, 0.4) is 0 Å². The van der Waals surface area contributed by atoms with Crippen LogP contribution in [0.2, 0.25) is 0 Å². The van der Waals surface area contributed by atoms with Gasteiger partial charge in [0, 0.05) is 44.0 Å². The molecule has 1 aromatic carbocycles. The molecule has 11 heteroatoms. The molecule has 3 fully saturated rings. The Kier molecular flexibility index (Phi) is 4.86. The summed E-state index contributed by atoms with van der Waals surface area (Å²) >= 11 is 0. The van der Waals surface area contributed by atoms with Crippen LogP contribution in [0.5, 0.6) is 0 Å². The number of fused-ring (bicyclic) bond motifs is 2. The van der Waals surface area contributed by atoms with Crippen LogP contribution >= 0.6 is 0 Å². The van der Waals surface area contributed by atoms with Crippen molar-refractivity contribution < 1.29 is 17.6 Å². The quantitative estimate of drug-likeness (QED) is 0.680. The molecule has 180 valence electrons. The van der Waals surface area contributed by atoms with E-state index in [-0.39, 0.29) is 35.8 Å². The smallest absolute Gasteiger partial charge is 0.238 e. The topological polar surface area (TPSA) is 113 Å². The number of halogens is 1. The highest BCUT2D eigenvalue weighted by Gasteiger charge is 2.59. The van der Waals surface area contributed by atoms with Gasteiger partial charge in [0.15, 0.2) is 9.84 Å². The van der Waals surface area contributed by atoms with Crippen molar-refractivity contribution in [3.05, 3.63) is 41.3 Å². The van der Waals surface area contributed by atoms with Crippen molar-refractivity contribution in [2.24, 2.45) is 5.73 Å². The molecule has 1 aliphatic carbocycles. The van der Waals surface area contributed by atoms with Crippen LogP contribution < -0.4 is 20.4 Å². The molecule has 6 rings (SSSR count). The molecule has 0 bridgehead atoms. The number of aromatic nitrogens is 2. The zero-order valence-electron chi connectivity index (χ0n) is 18.8. The molecule has 0 radical (unpaired) electrons. The number of hydrogen-bond acceptors (Lipinski definition) is 8. The lowest BCUT2D eigenvalue weighted by Gasteiger charge is -2.31. The van der Waals surface area contributed by atoms with E-state index in [0.717, 1.165) is 31.4 Å². The number of sulfone groups is 1. The number of nitrogens with zero attached hydrogens (tertiary/aromatic N) is 5. The SMILES string of the molecule is NC1CCN(c2ncc(CN3C(=O)C4(CC4)c4ccc(F)cc43)c(N3CCS(=O)(=O)CC3)n2)C1. The first-order chi connectivity index (χ1) is 16.3. The van der Waals surface area contributed by atoms with E-state index >= 15 is 0 Å². The maximum Gasteiger partial charge on any atom is 0.238 e. The molecule has 1 saturated carbocycles. The molecule has 1 amide bonds. The Hall–Kier alpha value is -2.79. The fraction of sp³-hybridized carbons (Fsp3) is 0.522. The van der Waals surface area contributed by atoms with Gasteiger partial charge >= 0.3 is 0 Å². The fourth-order valence-corrected chi connectivity index (χ4v) is 6.57. The van der Waals surface area contributed by atoms with Crippen LogP contribution in [0.25, 0.3) is 0 Å². The lowest BCUT2D eigenvalue weighted by molar-refractivity contribution is -0.120. The third-order valence-corrected chi connectivity index (χ3v) is 9.09. The lowest BCUT2D eigenvalue weighted by atomic mass is 9.98. The molecule has 2 N–H and O–H groups in total. The molecule has 4 aliphatic rings. The lowest BCUT2D eigenvalue weighted by Crippen LogP contribution is -2.42. The Balaban J connectivity index is 1.37. The van der Waals surface area contributed by atoms with Crippen molar-refractivity contribution in [2.45, 2.75) is 37.3 Å². The van der Waals surface area contributed by atoms with E-state index in [0.29, 0.717) is 42.7 Å². The van der Waals surface area contributed by atoms with Gasteiger partial charge in [-0.2, -0.15) is 4.98 Å². The largest absolute Gasteiger partial charge is 0.354 e. The predicted molar refractivity (Wildman–Crippen MR) is 126 cm³/mol. The molecule has 34 heavy (non-hydrogen) atoms. The Bertz CT molecular complexity index is 1270. The van der Waals surface area contributed by atoms with E-state index in [2.05, 4.69) is 4.98 Å². The minimum atomic E-state index is -3.07. The third kappa shape index (κ3) is 3.52. The zero-order valence-corrected chi connectivity index (χ0v) is 19.6. The summed E-state index contributed by atoms with van der Waals surface area (Å²) < 4.78 is 38.2. The van der Waals surface area contributed by atoms with Gasteiger partial charge < -0.3 is 20.4 Å². The Morgan fingerprint density at radius 1 is 1.15 bits per heavy atom. The van der Waals surface area contributed by atoms with Crippen LogP contribution in [0.4, 0.5) is 21.8 Å². The normalized spacial score (nSPS) is 24.7. The average Bonchev–Trinajstić information content (AvgIpc) is 3.45. The molecule has 1 atom stereocenters. The van der Waals surface area contributed by atoms with Gasteiger partial charge in [-0.3, -0.25) is 4.79 Å². The van der Waals surface area contributed by atoms with Gasteiger partial charge in [0.05, 0.1) is 29.2 Å². The highest BCUT2D eigenvalue weighted by molar-refractivity contribution is 7.91. The zero-order chi connectivity index (χ0) is 23.7. The number of anilines is 3. The molecular weight excluding hydrogens is 459 g/mol. The van der Waals surface area contributed by atoms with Crippen LogP contribution in [0.1, 0.15) is 30.4 Å². The van der Waals surface area contributed by atoms with Crippen LogP contribution in [-0.2, 0) is 26.6 Å². The van der Waals surface area contributed by atoms with Crippen molar-refractivity contribution in [1.29, 1.82) is 0 Å². The van der Waals surface area contributed by atoms with Gasteiger partial charge in [-0.25, -0.2) is 17.8 Å². The highest BCUT2D eigenvalue weighted by Crippen LogP contribution is 2.57. The van der Waals surface area contributed by atoms with Crippen molar-refractivity contribution in [2.75, 3.05) is 52.4 Å². The van der Waals surface area contributed by atoms with Gasteiger partial charge in [0.25, 0.3) is 0 Å². The number of amides is 1. The second kappa shape index (κ2) is 7.61. The molecule has 2 aromatic rings. The van der Waals surface area contributed by atoms with Crippen LogP contribution in [0, 0.1) is 5.82 Å². The van der Waals surface area contributed by atoms with Gasteiger partial charge in [-0.15, -0.1) is 0 Å². The molecule has 9 nitrogen and oxygen atoms in total. The number of rotatable bonds is 4. The van der Waals surface area contributed by atoms with E-state index in [4.69, 9.17) is 10.7 Å². The number of hydrogen-bond donors (Lipinski definition) is 1. The number of carbonyl (C=O) groups excluding carboxylic acids is 1. The molecule has 2 saturated heterocycles. The predicted octanol–water partition coefficient (Wildman–Crippen LogP) is 0.966. The van der Waals surface area contributed by atoms with Crippen molar-refractivity contribution in [3.8, 4) is 0 Å². The Morgan fingerprint density at radius 2 is 1.91 bits per heavy atom. The van der Waals surface area contributed by atoms with Crippen molar-refractivity contribution in [1.82, 2.24) is 9.97 Å². The summed E-state index contributed by atoms with van der Waals surface area (Å²) in [4.78, 5) is 28.4. The number of carbonyl (C=O) groups is 1. The summed E-state index contributed by atoms with van der Waals surface area (Å²) in [6.07, 6.45) is 4.11. The molecular formula is C23H27FN6O3S. The summed E-state index contributed by atoms with van der Waals surface area (Å²) in [6, 6.07) is 4.62. The second-order valence-corrected chi connectivity index (χ2v) is 12.1. The highest BCUT2D eigenvalue weighted by atomic mass is 32.2. The Labute approximate surface area is 197 Å². The second-order valence-electron chi connectivity index (χ2n) is 9.79. The van der Waals surface area contributed by atoms with E-state index in [1.165, 1.54) is 12.1 Å². The molecule has 3 aliphatic heterocycles. The molecule has 4 heterocycles. The first-order valence-corrected chi connectivity index (χ1v) is 13.5. The van der Waals surface area contributed by atoms with E-state index in [9.17, 15) is 17.6 Å². The molecule has 1 aromatic heterocycles. The van der Waals surface area contributed by atoms with Gasteiger partial charge in [0.2, 0.25) is 11.9 Å². The number of benzene rings is 1. The summed E-state index contributed by atoms with van der Waals surface area (Å²) in [6.45, 7) is 2.28. The van der Waals surface area contributed by atoms with Gasteiger partial charge in [0.1, 0.15) is 11.6 Å². The number of nitrogens with two attached hydrogens (primary N) is 1. The monoisotopic (exact) mass is 486 g/mol. The summed E-state index contributed by atoms with van der Waals surface area (Å²) in [7, 11) is -3.07. The molecule has 1 unspecified atom stereocenters. The van der Waals surface area contributed by atoms with Gasteiger partial charge in [-0.1, -0.05) is 6.07 Å². The Morgan fingerprint density at radius 3 is 2.59 bits per heavy atom. The maximum absolute atomic E-state index is 14.1. The molecule has 1 spiro atoms. The maximum atomic E-state index is 14.1. The average molecular weight is 487 g/mol. The summed E-state index contributed by atoms with van der Waals surface area (Å²) in [5, 5.41) is 0. The van der Waals surface area contributed by atoms with E-state index < -0.39 is 15.3 Å². The first-order valence-electron chi connectivity index (χ1n) is 11.7. The van der Waals surface area contributed by atoms with Crippen molar-refractivity contribution >= 4 is 33.2 Å². The van der Waals surface area contributed by atoms with Crippen LogP contribution in [0.15, 0.2) is 24.4 Å². The summed E-state index contributed by atoms with van der Waals surface area (Å²) in [5.41, 5.74) is 7.73. The first kappa shape index (κ1) is 21.7.